The molecule has 0 saturated heterocycles. The second-order valence-electron chi connectivity index (χ2n) is 4.88. The van der Waals surface area contributed by atoms with E-state index in [1.807, 2.05) is 66.0 Å². The molecule has 3 aromatic heterocycles. The SMILES string of the molecule is Oc1ccsc1.[Pt].[c-]1ccccc1-c1cccc(-c2ccccn2)n1. The molecule has 0 bridgehead atoms. The third kappa shape index (κ3) is 5.63. The third-order valence-corrected chi connectivity index (χ3v) is 3.84. The van der Waals surface area contributed by atoms with E-state index in [9.17, 15) is 0 Å². The minimum absolute atomic E-state index is 0. The Kier molecular flexibility index (Phi) is 7.52. The molecular formula is C20H15N2OPtS-. The van der Waals surface area contributed by atoms with E-state index in [1.54, 1.807) is 17.6 Å². The van der Waals surface area contributed by atoms with Crippen LogP contribution in [0.2, 0.25) is 0 Å². The first-order valence-corrected chi connectivity index (χ1v) is 8.34. The molecule has 4 rings (SSSR count). The number of nitrogens with zero attached hydrogens (tertiary/aromatic N) is 2. The van der Waals surface area contributed by atoms with Gasteiger partial charge in [-0.2, -0.15) is 0 Å². The van der Waals surface area contributed by atoms with Crippen LogP contribution in [0, 0.1) is 6.07 Å². The number of benzene rings is 1. The van der Waals surface area contributed by atoms with Gasteiger partial charge in [0.15, 0.2) is 0 Å². The van der Waals surface area contributed by atoms with Gasteiger partial charge in [-0.3, -0.25) is 9.97 Å². The fourth-order valence-electron chi connectivity index (χ4n) is 2.05. The van der Waals surface area contributed by atoms with Crippen LogP contribution in [0.4, 0.5) is 0 Å². The summed E-state index contributed by atoms with van der Waals surface area (Å²) in [6.45, 7) is 0. The van der Waals surface area contributed by atoms with Crippen LogP contribution in [0.5, 0.6) is 5.75 Å². The largest absolute Gasteiger partial charge is 0.507 e. The molecule has 0 unspecified atom stereocenters. The van der Waals surface area contributed by atoms with E-state index in [0.29, 0.717) is 5.75 Å². The van der Waals surface area contributed by atoms with E-state index >= 15 is 0 Å². The molecule has 0 atom stereocenters. The van der Waals surface area contributed by atoms with E-state index in [1.165, 1.54) is 11.3 Å². The van der Waals surface area contributed by atoms with Crippen molar-refractivity contribution in [1.82, 2.24) is 9.97 Å². The monoisotopic (exact) mass is 526 g/mol. The molecule has 25 heavy (non-hydrogen) atoms. The van der Waals surface area contributed by atoms with Gasteiger partial charge in [-0.25, -0.2) is 0 Å². The van der Waals surface area contributed by atoms with Crippen LogP contribution in [-0.4, -0.2) is 15.1 Å². The third-order valence-electron chi connectivity index (χ3n) is 3.17. The molecule has 0 spiro atoms. The topological polar surface area (TPSA) is 46.0 Å². The van der Waals surface area contributed by atoms with Crippen LogP contribution >= 0.6 is 11.3 Å². The molecule has 0 aliphatic carbocycles. The molecule has 5 heteroatoms. The summed E-state index contributed by atoms with van der Waals surface area (Å²) in [4.78, 5) is 8.93. The van der Waals surface area contributed by atoms with Gasteiger partial charge in [0.2, 0.25) is 0 Å². The first kappa shape index (κ1) is 19.0. The minimum atomic E-state index is 0. The summed E-state index contributed by atoms with van der Waals surface area (Å²) in [5, 5.41) is 12.0. The Hall–Kier alpha value is -2.29. The number of hydrogen-bond acceptors (Lipinski definition) is 4. The van der Waals surface area contributed by atoms with Crippen LogP contribution in [0.25, 0.3) is 22.6 Å². The van der Waals surface area contributed by atoms with Crippen molar-refractivity contribution in [3.8, 4) is 28.4 Å². The predicted octanol–water partition coefficient (Wildman–Crippen LogP) is 5.06. The van der Waals surface area contributed by atoms with Gasteiger partial charge in [-0.15, -0.1) is 47.2 Å². The van der Waals surface area contributed by atoms with Crippen LogP contribution < -0.4 is 0 Å². The first-order valence-electron chi connectivity index (χ1n) is 7.39. The molecule has 1 aromatic carbocycles. The number of thiophene rings is 1. The summed E-state index contributed by atoms with van der Waals surface area (Å²) >= 11 is 1.49. The number of hydrogen-bond donors (Lipinski definition) is 1. The summed E-state index contributed by atoms with van der Waals surface area (Å²) in [6, 6.07) is 24.4. The summed E-state index contributed by atoms with van der Waals surface area (Å²) in [5.41, 5.74) is 3.68. The molecule has 0 radical (unpaired) electrons. The van der Waals surface area contributed by atoms with Crippen molar-refractivity contribution in [2.45, 2.75) is 0 Å². The van der Waals surface area contributed by atoms with E-state index in [2.05, 4.69) is 16.0 Å². The average Bonchev–Trinajstić information content (AvgIpc) is 3.15. The smallest absolute Gasteiger partial charge is 0.126 e. The molecule has 0 aliphatic rings. The number of aromatic nitrogens is 2. The summed E-state index contributed by atoms with van der Waals surface area (Å²) < 4.78 is 0. The maximum Gasteiger partial charge on any atom is 0.126 e. The second-order valence-corrected chi connectivity index (χ2v) is 5.66. The Bertz CT molecular complexity index is 814. The van der Waals surface area contributed by atoms with Crippen LogP contribution in [0.3, 0.4) is 0 Å². The maximum absolute atomic E-state index is 8.48. The molecule has 0 aliphatic heterocycles. The molecule has 0 fully saturated rings. The maximum atomic E-state index is 8.48. The summed E-state index contributed by atoms with van der Waals surface area (Å²) in [6.07, 6.45) is 1.78. The van der Waals surface area contributed by atoms with E-state index in [4.69, 9.17) is 5.11 Å². The predicted molar refractivity (Wildman–Crippen MR) is 97.7 cm³/mol. The molecular weight excluding hydrogens is 511 g/mol. The Morgan fingerprint density at radius 1 is 0.840 bits per heavy atom. The summed E-state index contributed by atoms with van der Waals surface area (Å²) in [7, 11) is 0. The normalized spacial score (nSPS) is 9.44. The zero-order valence-corrected chi connectivity index (χ0v) is 16.2. The Labute approximate surface area is 165 Å². The first-order chi connectivity index (χ1) is 11.8. The zero-order chi connectivity index (χ0) is 16.6. The molecule has 3 heterocycles. The van der Waals surface area contributed by atoms with Gasteiger partial charge in [0.05, 0.1) is 11.4 Å². The molecule has 1 N–H and O–H groups in total. The van der Waals surface area contributed by atoms with Gasteiger partial charge in [0, 0.05) is 32.6 Å². The van der Waals surface area contributed by atoms with E-state index in [-0.39, 0.29) is 21.1 Å². The molecule has 0 saturated carbocycles. The fourth-order valence-corrected chi connectivity index (χ4v) is 2.57. The van der Waals surface area contributed by atoms with Crippen molar-refractivity contribution in [3.05, 3.63) is 89.8 Å². The van der Waals surface area contributed by atoms with Gasteiger partial charge in [-0.05, 0) is 35.3 Å². The van der Waals surface area contributed by atoms with Crippen molar-refractivity contribution in [1.29, 1.82) is 0 Å². The van der Waals surface area contributed by atoms with Crippen molar-refractivity contribution >= 4 is 11.3 Å². The molecule has 128 valence electrons. The van der Waals surface area contributed by atoms with Crippen molar-refractivity contribution < 1.29 is 26.2 Å². The average molecular weight is 526 g/mol. The van der Waals surface area contributed by atoms with Gasteiger partial charge >= 0.3 is 0 Å². The Morgan fingerprint density at radius 2 is 1.64 bits per heavy atom. The van der Waals surface area contributed by atoms with Crippen molar-refractivity contribution in [3.63, 3.8) is 0 Å². The molecule has 0 amide bonds. The van der Waals surface area contributed by atoms with E-state index in [0.717, 1.165) is 22.6 Å². The summed E-state index contributed by atoms with van der Waals surface area (Å²) in [5.74, 6) is 0.361. The number of pyridine rings is 2. The van der Waals surface area contributed by atoms with Gasteiger partial charge in [-0.1, -0.05) is 18.2 Å². The molecule has 3 nitrogen and oxygen atoms in total. The van der Waals surface area contributed by atoms with E-state index < -0.39 is 0 Å². The Balaban J connectivity index is 0.000000275. The number of aromatic hydroxyl groups is 1. The quantitative estimate of drug-likeness (QED) is 0.372. The van der Waals surface area contributed by atoms with Gasteiger partial charge in [0.1, 0.15) is 5.75 Å². The van der Waals surface area contributed by atoms with Crippen LogP contribution in [0.1, 0.15) is 0 Å². The fraction of sp³-hybridized carbons (Fsp3) is 0. The molecule has 4 aromatic rings. The van der Waals surface area contributed by atoms with Crippen LogP contribution in [0.15, 0.2) is 83.7 Å². The van der Waals surface area contributed by atoms with Gasteiger partial charge < -0.3 is 5.11 Å². The number of rotatable bonds is 2. The van der Waals surface area contributed by atoms with Crippen molar-refractivity contribution in [2.24, 2.45) is 0 Å². The van der Waals surface area contributed by atoms with Crippen molar-refractivity contribution in [2.75, 3.05) is 0 Å². The Morgan fingerprint density at radius 3 is 2.24 bits per heavy atom. The standard InChI is InChI=1S/C16H11N2.C4H4OS.Pt/c1-2-7-13(8-3-1)14-10-6-11-16(18-14)15-9-4-5-12-17-15;5-4-1-2-6-3-4;/h1-7,9-12H;1-3,5H;/q-1;;. The van der Waals surface area contributed by atoms with Gasteiger partial charge in [0.25, 0.3) is 0 Å². The van der Waals surface area contributed by atoms with Crippen LogP contribution in [-0.2, 0) is 21.1 Å². The second kappa shape index (κ2) is 9.87. The zero-order valence-electron chi connectivity index (χ0n) is 13.1. The minimum Gasteiger partial charge on any atom is -0.507 e.